The van der Waals surface area contributed by atoms with Crippen LogP contribution < -0.4 is 9.47 Å². The lowest BCUT2D eigenvalue weighted by Crippen LogP contribution is -2.24. The van der Waals surface area contributed by atoms with Gasteiger partial charge in [-0.25, -0.2) is 4.52 Å². The van der Waals surface area contributed by atoms with Gasteiger partial charge in [-0.2, -0.15) is 5.10 Å². The molecule has 1 aliphatic carbocycles. The second-order valence-electron chi connectivity index (χ2n) is 8.62. The first-order chi connectivity index (χ1) is 16.0. The molecule has 2 aromatic heterocycles. The Balaban J connectivity index is 1.72. The second kappa shape index (κ2) is 8.31. The Bertz CT molecular complexity index is 1360. The number of hydrogen-bond acceptors (Lipinski definition) is 6. The summed E-state index contributed by atoms with van der Waals surface area (Å²) in [5, 5.41) is 13.8. The number of aromatic nitrogens is 4. The molecule has 168 valence electrons. The molecule has 0 amide bonds. The minimum absolute atomic E-state index is 0.0186. The third-order valence-corrected chi connectivity index (χ3v) is 6.30. The molecule has 0 unspecified atom stereocenters. The van der Waals surface area contributed by atoms with Gasteiger partial charge in [0.1, 0.15) is 11.5 Å². The van der Waals surface area contributed by atoms with Crippen LogP contribution in [0.5, 0.6) is 11.5 Å². The highest BCUT2D eigenvalue weighted by Crippen LogP contribution is 2.40. The fourth-order valence-corrected chi connectivity index (χ4v) is 4.72. The Hall–Kier alpha value is -3.74. The van der Waals surface area contributed by atoms with Crippen molar-refractivity contribution in [3.63, 3.8) is 0 Å². The third-order valence-electron chi connectivity index (χ3n) is 6.30. The molecular weight excluding hydrogens is 416 g/mol. The van der Waals surface area contributed by atoms with Gasteiger partial charge in [0.05, 0.1) is 31.2 Å². The molecule has 0 saturated carbocycles. The summed E-state index contributed by atoms with van der Waals surface area (Å²) in [5.41, 5.74) is 5.55. The third kappa shape index (κ3) is 3.44. The van der Waals surface area contributed by atoms with Crippen LogP contribution in [0.15, 0.2) is 48.5 Å². The first-order valence-electron chi connectivity index (χ1n) is 11.1. The minimum Gasteiger partial charge on any atom is -0.496 e. The van der Waals surface area contributed by atoms with Crippen molar-refractivity contribution < 1.29 is 14.3 Å². The van der Waals surface area contributed by atoms with Crippen molar-refractivity contribution in [2.45, 2.75) is 38.5 Å². The van der Waals surface area contributed by atoms with Gasteiger partial charge in [0.2, 0.25) is 0 Å². The van der Waals surface area contributed by atoms with E-state index in [1.54, 1.807) is 14.2 Å². The van der Waals surface area contributed by atoms with E-state index in [1.165, 1.54) is 0 Å². The van der Waals surface area contributed by atoms with Crippen LogP contribution in [-0.4, -0.2) is 39.8 Å². The van der Waals surface area contributed by atoms with Gasteiger partial charge < -0.3 is 9.47 Å². The summed E-state index contributed by atoms with van der Waals surface area (Å²) in [5.74, 6) is 1.63. The lowest BCUT2D eigenvalue weighted by molar-refractivity contribution is 0.0955. The average molecular weight is 443 g/mol. The zero-order valence-corrected chi connectivity index (χ0v) is 19.2. The van der Waals surface area contributed by atoms with Gasteiger partial charge in [-0.1, -0.05) is 50.2 Å². The number of carbonyl (C=O) groups excluding carboxylic acids is 1. The van der Waals surface area contributed by atoms with E-state index in [2.05, 4.69) is 24.0 Å². The largest absolute Gasteiger partial charge is 0.496 e. The summed E-state index contributed by atoms with van der Waals surface area (Å²) in [4.78, 5) is 13.1. The molecule has 0 bridgehead atoms. The lowest BCUT2D eigenvalue weighted by Gasteiger charge is -2.24. The maximum absolute atomic E-state index is 13.1. The zero-order chi connectivity index (χ0) is 23.1. The SMILES string of the molecule is COc1ccccc1-c1c(C(C)C)nn2c3c(nnc12)C(=O)C[C@H](c1ccccc1OC)C3. The van der Waals surface area contributed by atoms with E-state index < -0.39 is 0 Å². The van der Waals surface area contributed by atoms with E-state index in [1.807, 2.05) is 53.0 Å². The maximum Gasteiger partial charge on any atom is 0.185 e. The van der Waals surface area contributed by atoms with Gasteiger partial charge >= 0.3 is 0 Å². The van der Waals surface area contributed by atoms with Crippen molar-refractivity contribution in [1.82, 2.24) is 19.8 Å². The maximum atomic E-state index is 13.1. The Labute approximate surface area is 192 Å². The summed E-state index contributed by atoms with van der Waals surface area (Å²) in [6.07, 6.45) is 0.989. The van der Waals surface area contributed by atoms with Gasteiger partial charge in [-0.3, -0.25) is 4.79 Å². The molecule has 4 aromatic rings. The number of ketones is 1. The fraction of sp³-hybridized carbons (Fsp3) is 0.308. The Kier molecular flexibility index (Phi) is 5.32. The minimum atomic E-state index is -0.0259. The highest BCUT2D eigenvalue weighted by atomic mass is 16.5. The molecule has 1 atom stereocenters. The van der Waals surface area contributed by atoms with E-state index in [-0.39, 0.29) is 17.6 Å². The van der Waals surface area contributed by atoms with E-state index in [0.29, 0.717) is 24.2 Å². The van der Waals surface area contributed by atoms with Crippen LogP contribution >= 0.6 is 0 Å². The number of fused-ring (bicyclic) bond motifs is 3. The number of benzene rings is 2. The smallest absolute Gasteiger partial charge is 0.185 e. The number of rotatable bonds is 5. The number of nitrogens with zero attached hydrogens (tertiary/aromatic N) is 4. The quantitative estimate of drug-likeness (QED) is 0.440. The molecule has 0 radical (unpaired) electrons. The number of Topliss-reactive ketones (excluding diaryl/α,β-unsaturated/α-hetero) is 1. The van der Waals surface area contributed by atoms with Gasteiger partial charge in [0, 0.05) is 17.9 Å². The van der Waals surface area contributed by atoms with Crippen molar-refractivity contribution >= 4 is 11.4 Å². The standard InChI is InChI=1S/C26H26N4O3/c1-15(2)24-23(18-10-6-8-12-22(18)33-4)26-28-27-25-19(30(26)29-24)13-16(14-20(25)31)17-9-5-7-11-21(17)32-3/h5-12,15-16H,13-14H2,1-4H3/t16-/m1/s1. The highest BCUT2D eigenvalue weighted by molar-refractivity contribution is 5.97. The Morgan fingerprint density at radius 3 is 2.36 bits per heavy atom. The van der Waals surface area contributed by atoms with E-state index in [9.17, 15) is 4.79 Å². The van der Waals surface area contributed by atoms with Crippen molar-refractivity contribution in [3.8, 4) is 22.6 Å². The summed E-state index contributed by atoms with van der Waals surface area (Å²) in [6, 6.07) is 15.7. The average Bonchev–Trinajstić information content (AvgIpc) is 3.24. The summed E-state index contributed by atoms with van der Waals surface area (Å²) >= 11 is 0. The van der Waals surface area contributed by atoms with Crippen molar-refractivity contribution in [2.24, 2.45) is 0 Å². The van der Waals surface area contributed by atoms with Crippen molar-refractivity contribution in [2.75, 3.05) is 14.2 Å². The van der Waals surface area contributed by atoms with Crippen LogP contribution in [0.1, 0.15) is 59.5 Å². The topological polar surface area (TPSA) is 78.6 Å². The van der Waals surface area contributed by atoms with Crippen molar-refractivity contribution in [3.05, 3.63) is 71.2 Å². The Morgan fingerprint density at radius 2 is 1.64 bits per heavy atom. The number of methoxy groups -OCH3 is 2. The van der Waals surface area contributed by atoms with Gasteiger partial charge in [-0.15, -0.1) is 10.2 Å². The van der Waals surface area contributed by atoms with Gasteiger partial charge in [0.15, 0.2) is 17.1 Å². The lowest BCUT2D eigenvalue weighted by atomic mass is 9.83. The number of carbonyl (C=O) groups is 1. The van der Waals surface area contributed by atoms with E-state index in [4.69, 9.17) is 14.6 Å². The highest BCUT2D eigenvalue weighted by Gasteiger charge is 2.33. The molecule has 2 heterocycles. The predicted octanol–water partition coefficient (Wildman–Crippen LogP) is 4.84. The zero-order valence-electron chi connectivity index (χ0n) is 19.2. The van der Waals surface area contributed by atoms with Crippen LogP contribution in [0.2, 0.25) is 0 Å². The van der Waals surface area contributed by atoms with Crippen molar-refractivity contribution in [1.29, 1.82) is 0 Å². The number of hydrogen-bond donors (Lipinski definition) is 0. The molecule has 0 saturated heterocycles. The summed E-state index contributed by atoms with van der Waals surface area (Å²) in [7, 11) is 3.31. The molecule has 0 N–H and O–H groups in total. The van der Waals surface area contributed by atoms with Crippen LogP contribution in [-0.2, 0) is 6.42 Å². The monoisotopic (exact) mass is 442 g/mol. The molecule has 0 aliphatic heterocycles. The van der Waals surface area contributed by atoms with Crippen LogP contribution in [0, 0.1) is 0 Å². The first-order valence-corrected chi connectivity index (χ1v) is 11.1. The van der Waals surface area contributed by atoms with Gasteiger partial charge in [-0.05, 0) is 30.0 Å². The molecular formula is C26H26N4O3. The molecule has 7 heteroatoms. The second-order valence-corrected chi connectivity index (χ2v) is 8.62. The predicted molar refractivity (Wildman–Crippen MR) is 125 cm³/mol. The molecule has 2 aromatic carbocycles. The first kappa shape index (κ1) is 21.1. The molecule has 5 rings (SSSR count). The number of para-hydroxylation sites is 2. The van der Waals surface area contributed by atoms with Crippen LogP contribution in [0.25, 0.3) is 16.8 Å². The van der Waals surface area contributed by atoms with Gasteiger partial charge in [0.25, 0.3) is 0 Å². The molecule has 1 aliphatic rings. The summed E-state index contributed by atoms with van der Waals surface area (Å²) in [6.45, 7) is 4.20. The molecule has 0 fully saturated rings. The molecule has 33 heavy (non-hydrogen) atoms. The number of ether oxygens (including phenoxy) is 2. The van der Waals surface area contributed by atoms with Crippen LogP contribution in [0.4, 0.5) is 0 Å². The molecule has 0 spiro atoms. The molecule has 7 nitrogen and oxygen atoms in total. The van der Waals surface area contributed by atoms with E-state index >= 15 is 0 Å². The Morgan fingerprint density at radius 1 is 0.939 bits per heavy atom. The summed E-state index contributed by atoms with van der Waals surface area (Å²) < 4.78 is 13.0. The van der Waals surface area contributed by atoms with E-state index in [0.717, 1.165) is 39.6 Å². The van der Waals surface area contributed by atoms with Crippen LogP contribution in [0.3, 0.4) is 0 Å². The fourth-order valence-electron chi connectivity index (χ4n) is 4.72. The normalized spacial score (nSPS) is 15.7.